The largest absolute Gasteiger partial charge is 0.360 e. The molecule has 38 heavy (non-hydrogen) atoms. The van der Waals surface area contributed by atoms with Crippen molar-refractivity contribution in [1.82, 2.24) is 25.1 Å². The minimum absolute atomic E-state index is 0.0942. The molecule has 0 spiro atoms. The number of nitrogens with zero attached hydrogens (tertiary/aromatic N) is 2. The Morgan fingerprint density at radius 3 is 2.39 bits per heavy atom. The summed E-state index contributed by atoms with van der Waals surface area (Å²) in [6.07, 6.45) is 3.81. The molecule has 3 amide bonds. The van der Waals surface area contributed by atoms with Crippen molar-refractivity contribution >= 4 is 40.2 Å². The van der Waals surface area contributed by atoms with Crippen molar-refractivity contribution in [3.8, 4) is 5.69 Å². The average Bonchev–Trinajstić information content (AvgIpc) is 3.29. The number of nitrogens with one attached hydrogen (secondary N) is 3. The average molecular weight is 532 g/mol. The summed E-state index contributed by atoms with van der Waals surface area (Å²) in [5.74, 6) is -0.715. The van der Waals surface area contributed by atoms with Gasteiger partial charge < -0.3 is 20.5 Å². The van der Waals surface area contributed by atoms with Gasteiger partial charge in [-0.05, 0) is 48.9 Å². The molecular formula is C28H26ClN5O4. The fourth-order valence-corrected chi connectivity index (χ4v) is 4.93. The van der Waals surface area contributed by atoms with E-state index in [1.807, 2.05) is 0 Å². The number of aromatic nitrogens is 2. The number of carbonyl (C=O) groups is 3. The van der Waals surface area contributed by atoms with Gasteiger partial charge in [-0.3, -0.25) is 23.7 Å². The second kappa shape index (κ2) is 10.5. The van der Waals surface area contributed by atoms with Gasteiger partial charge in [0.25, 0.3) is 17.4 Å². The molecule has 1 aliphatic heterocycles. The Morgan fingerprint density at radius 2 is 1.66 bits per heavy atom. The van der Waals surface area contributed by atoms with Gasteiger partial charge in [-0.25, -0.2) is 0 Å². The first-order valence-electron chi connectivity index (χ1n) is 12.2. The standard InChI is InChI=1S/C28H26ClN5O4/c1-17(35)33-13-11-23(25(16-33)32-28(38)19-7-10-21-22(29)15-30-24(21)14-19)31-27(37)18-5-8-20(9-6-18)34-12-3-2-4-26(34)36/h2-10,12,14-15,23,25,30H,11,13,16H2,1H3,(H,31,37)(H,32,38)/t23-,25+/m0/s1. The number of aromatic amines is 1. The smallest absolute Gasteiger partial charge is 0.255 e. The number of benzene rings is 2. The van der Waals surface area contributed by atoms with E-state index in [0.717, 1.165) is 10.9 Å². The van der Waals surface area contributed by atoms with Crippen LogP contribution in [0.1, 0.15) is 34.1 Å². The summed E-state index contributed by atoms with van der Waals surface area (Å²) < 4.78 is 1.49. The van der Waals surface area contributed by atoms with E-state index >= 15 is 0 Å². The molecule has 0 radical (unpaired) electrons. The number of hydrogen-bond donors (Lipinski definition) is 3. The number of carbonyl (C=O) groups excluding carboxylic acids is 3. The number of fused-ring (bicyclic) bond motifs is 1. The van der Waals surface area contributed by atoms with Crippen LogP contribution >= 0.6 is 11.6 Å². The summed E-state index contributed by atoms with van der Waals surface area (Å²) >= 11 is 6.15. The van der Waals surface area contributed by atoms with E-state index in [4.69, 9.17) is 11.6 Å². The SMILES string of the molecule is CC(=O)N1CC[C@H](NC(=O)c2ccc(-n3ccccc3=O)cc2)[C@H](NC(=O)c2ccc3c(Cl)c[nH]c3c2)C1. The first-order chi connectivity index (χ1) is 18.3. The van der Waals surface area contributed by atoms with Crippen molar-refractivity contribution < 1.29 is 14.4 Å². The van der Waals surface area contributed by atoms with Crippen LogP contribution in [0.5, 0.6) is 0 Å². The fraction of sp³-hybridized carbons (Fsp3) is 0.214. The highest BCUT2D eigenvalue weighted by Crippen LogP contribution is 2.24. The predicted molar refractivity (Wildman–Crippen MR) is 145 cm³/mol. The van der Waals surface area contributed by atoms with Crippen molar-refractivity contribution in [2.45, 2.75) is 25.4 Å². The molecule has 0 bridgehead atoms. The predicted octanol–water partition coefficient (Wildman–Crippen LogP) is 3.12. The van der Waals surface area contributed by atoms with E-state index in [-0.39, 0.29) is 35.9 Å². The van der Waals surface area contributed by atoms with E-state index in [0.29, 0.717) is 34.8 Å². The van der Waals surface area contributed by atoms with Crippen molar-refractivity contribution in [3.63, 3.8) is 0 Å². The van der Waals surface area contributed by atoms with Crippen LogP contribution in [0.3, 0.4) is 0 Å². The highest BCUT2D eigenvalue weighted by Gasteiger charge is 2.33. The maximum absolute atomic E-state index is 13.1. The summed E-state index contributed by atoms with van der Waals surface area (Å²) in [6.45, 7) is 2.23. The molecule has 2 aromatic carbocycles. The van der Waals surface area contributed by atoms with E-state index in [9.17, 15) is 19.2 Å². The molecule has 1 aliphatic rings. The molecule has 3 heterocycles. The van der Waals surface area contributed by atoms with Crippen LogP contribution in [0.4, 0.5) is 0 Å². The number of rotatable bonds is 5. The van der Waals surface area contributed by atoms with E-state index in [1.54, 1.807) is 71.9 Å². The zero-order chi connectivity index (χ0) is 26.8. The van der Waals surface area contributed by atoms with E-state index < -0.39 is 6.04 Å². The van der Waals surface area contributed by atoms with Crippen molar-refractivity contribution in [2.24, 2.45) is 0 Å². The number of hydrogen-bond acceptors (Lipinski definition) is 4. The minimum atomic E-state index is -0.491. The van der Waals surface area contributed by atoms with Crippen LogP contribution < -0.4 is 16.2 Å². The molecule has 2 aromatic heterocycles. The molecule has 5 rings (SSSR count). The van der Waals surface area contributed by atoms with Gasteiger partial charge in [0.2, 0.25) is 5.91 Å². The number of amides is 3. The quantitative estimate of drug-likeness (QED) is 0.367. The monoisotopic (exact) mass is 531 g/mol. The van der Waals surface area contributed by atoms with Crippen molar-refractivity contribution in [3.05, 3.63) is 99.6 Å². The summed E-state index contributed by atoms with van der Waals surface area (Å²) in [7, 11) is 0. The Bertz CT molecular complexity index is 1580. The van der Waals surface area contributed by atoms with Gasteiger partial charge in [0.05, 0.1) is 17.1 Å². The molecule has 0 unspecified atom stereocenters. The topological polar surface area (TPSA) is 116 Å². The third kappa shape index (κ3) is 5.19. The molecular weight excluding hydrogens is 506 g/mol. The first kappa shape index (κ1) is 25.3. The Kier molecular flexibility index (Phi) is 7.02. The molecule has 2 atom stereocenters. The number of H-pyrrole nitrogens is 1. The lowest BCUT2D eigenvalue weighted by molar-refractivity contribution is -0.130. The second-order valence-corrected chi connectivity index (χ2v) is 9.67. The van der Waals surface area contributed by atoms with Crippen LogP contribution in [0.2, 0.25) is 5.02 Å². The molecule has 194 valence electrons. The Morgan fingerprint density at radius 1 is 0.947 bits per heavy atom. The van der Waals surface area contributed by atoms with Gasteiger partial charge >= 0.3 is 0 Å². The van der Waals surface area contributed by atoms with Crippen LogP contribution in [0, 0.1) is 0 Å². The lowest BCUT2D eigenvalue weighted by Crippen LogP contribution is -2.61. The Hall–Kier alpha value is -4.37. The Labute approximate surface area is 223 Å². The molecule has 4 aromatic rings. The zero-order valence-electron chi connectivity index (χ0n) is 20.6. The minimum Gasteiger partial charge on any atom is -0.360 e. The van der Waals surface area contributed by atoms with Gasteiger partial charge in [-0.2, -0.15) is 0 Å². The molecule has 3 N–H and O–H groups in total. The molecule has 0 saturated carbocycles. The van der Waals surface area contributed by atoms with Gasteiger partial charge in [0.15, 0.2) is 0 Å². The van der Waals surface area contributed by atoms with Crippen LogP contribution in [0.25, 0.3) is 16.6 Å². The van der Waals surface area contributed by atoms with Gasteiger partial charge in [-0.15, -0.1) is 0 Å². The van der Waals surface area contributed by atoms with Crippen molar-refractivity contribution in [2.75, 3.05) is 13.1 Å². The fourth-order valence-electron chi connectivity index (χ4n) is 4.71. The van der Waals surface area contributed by atoms with Gasteiger partial charge in [0.1, 0.15) is 0 Å². The number of halogens is 1. The number of pyridine rings is 1. The van der Waals surface area contributed by atoms with E-state index in [2.05, 4.69) is 15.6 Å². The summed E-state index contributed by atoms with van der Waals surface area (Å²) in [6, 6.07) is 15.9. The third-order valence-corrected chi connectivity index (χ3v) is 7.13. The van der Waals surface area contributed by atoms with Crippen molar-refractivity contribution in [1.29, 1.82) is 0 Å². The number of likely N-dealkylation sites (tertiary alicyclic amines) is 1. The van der Waals surface area contributed by atoms with Gasteiger partial charge in [0, 0.05) is 66.2 Å². The summed E-state index contributed by atoms with van der Waals surface area (Å²) in [5.41, 5.74) is 2.08. The highest BCUT2D eigenvalue weighted by molar-refractivity contribution is 6.35. The van der Waals surface area contributed by atoms with Crippen LogP contribution in [0.15, 0.2) is 77.9 Å². The first-order valence-corrected chi connectivity index (χ1v) is 12.6. The van der Waals surface area contributed by atoms with Crippen LogP contribution in [-0.2, 0) is 4.79 Å². The lowest BCUT2D eigenvalue weighted by atomic mass is 9.97. The molecule has 0 aliphatic carbocycles. The maximum Gasteiger partial charge on any atom is 0.255 e. The summed E-state index contributed by atoms with van der Waals surface area (Å²) in [5, 5.41) is 7.41. The summed E-state index contributed by atoms with van der Waals surface area (Å²) in [4.78, 5) is 55.1. The zero-order valence-corrected chi connectivity index (χ0v) is 21.4. The molecule has 9 nitrogen and oxygen atoms in total. The normalized spacial score (nSPS) is 17.3. The third-order valence-electron chi connectivity index (χ3n) is 6.81. The Balaban J connectivity index is 1.32. The molecule has 1 fully saturated rings. The molecule has 10 heteroatoms. The maximum atomic E-state index is 13.1. The highest BCUT2D eigenvalue weighted by atomic mass is 35.5. The van der Waals surface area contributed by atoms with E-state index in [1.165, 1.54) is 17.6 Å². The molecule has 1 saturated heterocycles. The van der Waals surface area contributed by atoms with Crippen LogP contribution in [-0.4, -0.2) is 57.3 Å². The lowest BCUT2D eigenvalue weighted by Gasteiger charge is -2.39. The number of piperidine rings is 1. The van der Waals surface area contributed by atoms with Gasteiger partial charge in [-0.1, -0.05) is 23.7 Å². The second-order valence-electron chi connectivity index (χ2n) is 9.27.